The highest BCUT2D eigenvalue weighted by Crippen LogP contribution is 2.36. The molecule has 0 unspecified atom stereocenters. The van der Waals surface area contributed by atoms with E-state index in [9.17, 15) is 15.0 Å². The van der Waals surface area contributed by atoms with Crippen molar-refractivity contribution in [2.75, 3.05) is 0 Å². The molecule has 2 aromatic carbocycles. The van der Waals surface area contributed by atoms with Crippen molar-refractivity contribution < 1.29 is 14.6 Å². The molecule has 0 aliphatic rings. The van der Waals surface area contributed by atoms with E-state index in [1.54, 1.807) is 32.0 Å². The summed E-state index contributed by atoms with van der Waals surface area (Å²) in [5.74, 6) is 0.255. The predicted molar refractivity (Wildman–Crippen MR) is 93.4 cm³/mol. The van der Waals surface area contributed by atoms with E-state index in [1.807, 2.05) is 23.7 Å². The van der Waals surface area contributed by atoms with Crippen molar-refractivity contribution >= 4 is 32.8 Å². The molecular weight excluding hydrogens is 306 g/mol. The van der Waals surface area contributed by atoms with E-state index in [1.165, 1.54) is 6.07 Å². The lowest BCUT2D eigenvalue weighted by molar-refractivity contribution is 0.0559. The van der Waals surface area contributed by atoms with Gasteiger partial charge in [-0.25, -0.2) is 0 Å². The Balaban J connectivity index is 2.31. The second kappa shape index (κ2) is 4.61. The fraction of sp³-hybridized carbons (Fsp3) is 0.211. The summed E-state index contributed by atoms with van der Waals surface area (Å²) in [6, 6.07) is 10.4. The number of pyridine rings is 1. The molecule has 0 spiro atoms. The highest BCUT2D eigenvalue weighted by molar-refractivity contribution is 6.10. The van der Waals surface area contributed by atoms with Gasteiger partial charge in [0.05, 0.1) is 16.4 Å². The molecule has 0 aliphatic heterocycles. The number of fused-ring (bicyclic) bond motifs is 4. The zero-order valence-electron chi connectivity index (χ0n) is 13.6. The van der Waals surface area contributed by atoms with Gasteiger partial charge < -0.3 is 19.2 Å². The van der Waals surface area contributed by atoms with Crippen LogP contribution < -0.4 is 5.43 Å². The monoisotopic (exact) mass is 323 g/mol. The van der Waals surface area contributed by atoms with Gasteiger partial charge in [-0.3, -0.25) is 4.79 Å². The van der Waals surface area contributed by atoms with Crippen molar-refractivity contribution in [2.45, 2.75) is 19.4 Å². The lowest BCUT2D eigenvalue weighted by Gasteiger charge is -2.12. The second-order valence-corrected chi connectivity index (χ2v) is 6.61. The number of aliphatic hydroxyl groups is 1. The molecule has 4 rings (SSSR count). The van der Waals surface area contributed by atoms with Crippen molar-refractivity contribution in [2.24, 2.45) is 7.05 Å². The molecule has 0 amide bonds. The van der Waals surface area contributed by atoms with Crippen LogP contribution in [0.1, 0.15) is 19.6 Å². The van der Waals surface area contributed by atoms with Gasteiger partial charge in [0, 0.05) is 23.9 Å². The molecule has 5 heteroatoms. The molecule has 122 valence electrons. The Kier molecular flexibility index (Phi) is 2.84. The number of aromatic hydroxyl groups is 1. The van der Waals surface area contributed by atoms with E-state index >= 15 is 0 Å². The van der Waals surface area contributed by atoms with Crippen molar-refractivity contribution in [3.8, 4) is 5.75 Å². The van der Waals surface area contributed by atoms with Crippen LogP contribution in [0.15, 0.2) is 45.6 Å². The number of nitrogens with zero attached hydrogens (tertiary/aromatic N) is 1. The first-order valence-electron chi connectivity index (χ1n) is 7.69. The van der Waals surface area contributed by atoms with Crippen LogP contribution in [-0.2, 0) is 12.6 Å². The predicted octanol–water partition coefficient (Wildman–Crippen LogP) is 3.37. The molecule has 2 heterocycles. The first kappa shape index (κ1) is 14.8. The average Bonchev–Trinajstić information content (AvgIpc) is 2.95. The fourth-order valence-electron chi connectivity index (χ4n) is 3.24. The molecule has 0 fully saturated rings. The summed E-state index contributed by atoms with van der Waals surface area (Å²) in [6.45, 7) is 3.25. The topological polar surface area (TPSA) is 75.6 Å². The third-order valence-electron chi connectivity index (χ3n) is 4.45. The lowest BCUT2D eigenvalue weighted by Crippen LogP contribution is -2.13. The average molecular weight is 323 g/mol. The molecule has 2 aromatic heterocycles. The summed E-state index contributed by atoms with van der Waals surface area (Å²) in [5, 5.41) is 22.1. The van der Waals surface area contributed by atoms with Crippen LogP contribution in [0.2, 0.25) is 0 Å². The second-order valence-electron chi connectivity index (χ2n) is 6.61. The molecule has 0 atom stereocenters. The minimum Gasteiger partial charge on any atom is -0.507 e. The van der Waals surface area contributed by atoms with E-state index in [-0.39, 0.29) is 16.6 Å². The quantitative estimate of drug-likeness (QED) is 0.527. The maximum absolute atomic E-state index is 12.9. The standard InChI is InChI=1S/C19H17NO4/c1-19(2,23)15-8-11-14(24-15)9-13(21)16-17(11)20(3)12-7-5-4-6-10(12)18(16)22/h4-9,21,23H,1-3H3. The minimum atomic E-state index is -1.16. The van der Waals surface area contributed by atoms with Gasteiger partial charge in [-0.15, -0.1) is 0 Å². The normalized spacial score (nSPS) is 12.5. The van der Waals surface area contributed by atoms with E-state index in [2.05, 4.69) is 0 Å². The van der Waals surface area contributed by atoms with E-state index in [4.69, 9.17) is 4.42 Å². The molecule has 5 nitrogen and oxygen atoms in total. The van der Waals surface area contributed by atoms with Gasteiger partial charge in [0.2, 0.25) is 5.43 Å². The summed E-state index contributed by atoms with van der Waals surface area (Å²) >= 11 is 0. The summed E-state index contributed by atoms with van der Waals surface area (Å²) in [6.07, 6.45) is 0. The number of hydrogen-bond acceptors (Lipinski definition) is 4. The number of para-hydroxylation sites is 1. The van der Waals surface area contributed by atoms with Gasteiger partial charge >= 0.3 is 0 Å². The van der Waals surface area contributed by atoms with Gasteiger partial charge in [0.15, 0.2) is 0 Å². The van der Waals surface area contributed by atoms with Gasteiger partial charge in [0.25, 0.3) is 0 Å². The number of hydrogen-bond donors (Lipinski definition) is 2. The first-order valence-corrected chi connectivity index (χ1v) is 7.69. The number of aromatic nitrogens is 1. The highest BCUT2D eigenvalue weighted by Gasteiger charge is 2.24. The third-order valence-corrected chi connectivity index (χ3v) is 4.45. The largest absolute Gasteiger partial charge is 0.507 e. The summed E-state index contributed by atoms with van der Waals surface area (Å²) in [5.41, 5.74) is 0.420. The summed E-state index contributed by atoms with van der Waals surface area (Å²) in [7, 11) is 1.85. The van der Waals surface area contributed by atoms with Gasteiger partial charge in [-0.05, 0) is 32.0 Å². The number of phenols is 1. The van der Waals surface area contributed by atoms with Crippen molar-refractivity contribution in [1.29, 1.82) is 0 Å². The maximum Gasteiger partial charge on any atom is 0.200 e. The Hall–Kier alpha value is -2.79. The Labute approximate surface area is 137 Å². The molecule has 0 saturated carbocycles. The molecule has 2 N–H and O–H groups in total. The first-order chi connectivity index (χ1) is 11.3. The van der Waals surface area contributed by atoms with Crippen LogP contribution in [0.4, 0.5) is 0 Å². The molecule has 0 saturated heterocycles. The zero-order valence-corrected chi connectivity index (χ0v) is 13.6. The van der Waals surface area contributed by atoms with Crippen LogP contribution in [-0.4, -0.2) is 14.8 Å². The van der Waals surface area contributed by atoms with Gasteiger partial charge in [-0.2, -0.15) is 0 Å². The van der Waals surface area contributed by atoms with Crippen molar-refractivity contribution in [3.63, 3.8) is 0 Å². The Morgan fingerprint density at radius 2 is 1.83 bits per heavy atom. The number of rotatable bonds is 1. The van der Waals surface area contributed by atoms with Crippen LogP contribution >= 0.6 is 0 Å². The number of furan rings is 1. The Morgan fingerprint density at radius 1 is 1.12 bits per heavy atom. The molecule has 24 heavy (non-hydrogen) atoms. The van der Waals surface area contributed by atoms with Crippen molar-refractivity contribution in [3.05, 3.63) is 52.4 Å². The number of aryl methyl sites for hydroxylation is 1. The van der Waals surface area contributed by atoms with Crippen LogP contribution in [0.25, 0.3) is 32.8 Å². The van der Waals surface area contributed by atoms with Crippen LogP contribution in [0.3, 0.4) is 0 Å². The van der Waals surface area contributed by atoms with E-state index < -0.39 is 5.60 Å². The number of benzene rings is 2. The summed E-state index contributed by atoms with van der Waals surface area (Å²) in [4.78, 5) is 12.9. The van der Waals surface area contributed by atoms with Crippen molar-refractivity contribution in [1.82, 2.24) is 4.57 Å². The molecule has 4 aromatic rings. The Morgan fingerprint density at radius 3 is 2.54 bits per heavy atom. The smallest absolute Gasteiger partial charge is 0.200 e. The maximum atomic E-state index is 12.9. The fourth-order valence-corrected chi connectivity index (χ4v) is 3.24. The third kappa shape index (κ3) is 1.88. The van der Waals surface area contributed by atoms with Gasteiger partial charge in [-0.1, -0.05) is 12.1 Å². The van der Waals surface area contributed by atoms with Gasteiger partial charge in [0.1, 0.15) is 22.7 Å². The molecule has 0 aliphatic carbocycles. The van der Waals surface area contributed by atoms with Crippen LogP contribution in [0, 0.1) is 0 Å². The highest BCUT2D eigenvalue weighted by atomic mass is 16.4. The zero-order chi connectivity index (χ0) is 17.2. The Bertz CT molecular complexity index is 1180. The minimum absolute atomic E-state index is 0.125. The summed E-state index contributed by atoms with van der Waals surface area (Å²) < 4.78 is 7.58. The molecule has 0 bridgehead atoms. The molecular formula is C19H17NO4. The van der Waals surface area contributed by atoms with E-state index in [0.29, 0.717) is 27.6 Å². The number of phenolic OH excluding ortho intramolecular Hbond substituents is 1. The lowest BCUT2D eigenvalue weighted by atomic mass is 10.0. The van der Waals surface area contributed by atoms with E-state index in [0.717, 1.165) is 5.52 Å². The SMILES string of the molecule is Cn1c2ccccc2c(=O)c2c(O)cc3oc(C(C)(C)O)cc3c21. The molecule has 0 radical (unpaired) electrons. The van der Waals surface area contributed by atoms with Crippen LogP contribution in [0.5, 0.6) is 5.75 Å².